The Labute approximate surface area is 126 Å². The molecule has 118 valence electrons. The van der Waals surface area contributed by atoms with Crippen molar-refractivity contribution in [2.75, 3.05) is 26.7 Å². The first-order valence-electron chi connectivity index (χ1n) is 9.08. The Morgan fingerprint density at radius 1 is 1.10 bits per heavy atom. The maximum absolute atomic E-state index is 3.50. The zero-order chi connectivity index (χ0) is 14.4. The van der Waals surface area contributed by atoms with E-state index in [4.69, 9.17) is 0 Å². The molecule has 2 saturated carbocycles. The lowest BCUT2D eigenvalue weighted by Crippen LogP contribution is -2.49. The van der Waals surface area contributed by atoms with Crippen molar-refractivity contribution >= 4 is 0 Å². The van der Waals surface area contributed by atoms with Gasteiger partial charge < -0.3 is 10.2 Å². The van der Waals surface area contributed by atoms with Crippen LogP contribution in [0.15, 0.2) is 0 Å². The summed E-state index contributed by atoms with van der Waals surface area (Å²) in [5.41, 5.74) is 0.542. The molecule has 2 atom stereocenters. The Balaban J connectivity index is 2.00. The summed E-state index contributed by atoms with van der Waals surface area (Å²) in [6, 6.07) is 0.875. The highest BCUT2D eigenvalue weighted by Gasteiger charge is 2.37. The summed E-state index contributed by atoms with van der Waals surface area (Å²) >= 11 is 0. The summed E-state index contributed by atoms with van der Waals surface area (Å²) < 4.78 is 0. The van der Waals surface area contributed by atoms with Crippen LogP contribution in [0, 0.1) is 11.3 Å². The van der Waals surface area contributed by atoms with Crippen molar-refractivity contribution in [2.45, 2.75) is 77.7 Å². The molecule has 2 heteroatoms. The summed E-state index contributed by atoms with van der Waals surface area (Å²) in [7, 11) is 2.14. The Morgan fingerprint density at radius 2 is 1.85 bits per heavy atom. The standard InChI is InChI=1S/C18H36N2/c1-4-20(17-10-6-5-7-11-17)15-18(14-19-3)12-8-9-16(2)13-18/h16-17,19H,4-15H2,1-3H3. The molecular formula is C18H36N2. The predicted molar refractivity (Wildman–Crippen MR) is 88.1 cm³/mol. The van der Waals surface area contributed by atoms with Crippen LogP contribution in [0.25, 0.3) is 0 Å². The highest BCUT2D eigenvalue weighted by molar-refractivity contribution is 4.91. The fraction of sp³-hybridized carbons (Fsp3) is 1.00. The molecule has 20 heavy (non-hydrogen) atoms. The van der Waals surface area contributed by atoms with Crippen molar-refractivity contribution in [3.8, 4) is 0 Å². The molecule has 2 aliphatic rings. The molecule has 0 aromatic carbocycles. The largest absolute Gasteiger partial charge is 0.319 e. The number of nitrogens with zero attached hydrogens (tertiary/aromatic N) is 1. The first kappa shape index (κ1) is 16.3. The molecule has 0 radical (unpaired) electrons. The quantitative estimate of drug-likeness (QED) is 0.789. The SMILES string of the molecule is CCN(CC1(CNC)CCCC(C)C1)C1CCCCC1. The van der Waals surface area contributed by atoms with Crippen LogP contribution in [0.4, 0.5) is 0 Å². The van der Waals surface area contributed by atoms with Gasteiger partial charge in [0.1, 0.15) is 0 Å². The Bertz CT molecular complexity index is 269. The summed E-state index contributed by atoms with van der Waals surface area (Å²) in [5, 5.41) is 3.50. The van der Waals surface area contributed by atoms with Gasteiger partial charge in [-0.05, 0) is 50.6 Å². The van der Waals surface area contributed by atoms with Crippen molar-refractivity contribution in [3.63, 3.8) is 0 Å². The smallest absolute Gasteiger partial charge is 0.00953 e. The highest BCUT2D eigenvalue weighted by Crippen LogP contribution is 2.40. The number of hydrogen-bond acceptors (Lipinski definition) is 2. The molecular weight excluding hydrogens is 244 g/mol. The van der Waals surface area contributed by atoms with Crippen LogP contribution in [0.1, 0.15) is 71.6 Å². The van der Waals surface area contributed by atoms with E-state index in [9.17, 15) is 0 Å². The Morgan fingerprint density at radius 3 is 2.45 bits per heavy atom. The lowest BCUT2D eigenvalue weighted by Gasteiger charge is -2.46. The second-order valence-corrected chi connectivity index (χ2v) is 7.59. The minimum absolute atomic E-state index is 0.542. The molecule has 0 aromatic heterocycles. The molecule has 2 nitrogen and oxygen atoms in total. The maximum Gasteiger partial charge on any atom is 0.00953 e. The van der Waals surface area contributed by atoms with Gasteiger partial charge in [-0.1, -0.05) is 46.0 Å². The highest BCUT2D eigenvalue weighted by atomic mass is 15.2. The van der Waals surface area contributed by atoms with Crippen LogP contribution < -0.4 is 5.32 Å². The lowest BCUT2D eigenvalue weighted by atomic mass is 9.69. The number of nitrogens with one attached hydrogen (secondary N) is 1. The first-order valence-corrected chi connectivity index (χ1v) is 9.08. The van der Waals surface area contributed by atoms with Crippen LogP contribution in [0.3, 0.4) is 0 Å². The van der Waals surface area contributed by atoms with Gasteiger partial charge in [0, 0.05) is 19.1 Å². The van der Waals surface area contributed by atoms with Gasteiger partial charge in [-0.15, -0.1) is 0 Å². The molecule has 0 aromatic rings. The zero-order valence-electron chi connectivity index (χ0n) is 14.1. The normalized spacial score (nSPS) is 32.7. The molecule has 1 N–H and O–H groups in total. The average molecular weight is 280 g/mol. The fourth-order valence-electron chi connectivity index (χ4n) is 4.88. The van der Waals surface area contributed by atoms with Gasteiger partial charge in [-0.2, -0.15) is 0 Å². The third-order valence-electron chi connectivity index (χ3n) is 5.77. The van der Waals surface area contributed by atoms with Crippen molar-refractivity contribution in [1.82, 2.24) is 10.2 Å². The van der Waals surface area contributed by atoms with Crippen LogP contribution in [-0.2, 0) is 0 Å². The van der Waals surface area contributed by atoms with Gasteiger partial charge in [0.25, 0.3) is 0 Å². The van der Waals surface area contributed by atoms with E-state index < -0.39 is 0 Å². The molecule has 0 bridgehead atoms. The van der Waals surface area contributed by atoms with Gasteiger partial charge in [0.15, 0.2) is 0 Å². The van der Waals surface area contributed by atoms with E-state index in [2.05, 4.69) is 31.1 Å². The summed E-state index contributed by atoms with van der Waals surface area (Å²) in [4.78, 5) is 2.83. The van der Waals surface area contributed by atoms with E-state index in [-0.39, 0.29) is 0 Å². The summed E-state index contributed by atoms with van der Waals surface area (Å²) in [6.45, 7) is 8.61. The second-order valence-electron chi connectivity index (χ2n) is 7.59. The summed E-state index contributed by atoms with van der Waals surface area (Å²) in [5.74, 6) is 0.919. The van der Waals surface area contributed by atoms with E-state index in [1.165, 1.54) is 77.4 Å². The molecule has 2 rings (SSSR count). The molecule has 2 fully saturated rings. The van der Waals surface area contributed by atoms with Crippen LogP contribution >= 0.6 is 0 Å². The number of hydrogen-bond donors (Lipinski definition) is 1. The fourth-order valence-corrected chi connectivity index (χ4v) is 4.88. The van der Waals surface area contributed by atoms with Gasteiger partial charge in [0.2, 0.25) is 0 Å². The predicted octanol–water partition coefficient (Wildman–Crippen LogP) is 4.06. The molecule has 0 aliphatic heterocycles. The van der Waals surface area contributed by atoms with Crippen LogP contribution in [0.5, 0.6) is 0 Å². The van der Waals surface area contributed by atoms with E-state index in [1.54, 1.807) is 0 Å². The van der Waals surface area contributed by atoms with Crippen LogP contribution in [0.2, 0.25) is 0 Å². The minimum Gasteiger partial charge on any atom is -0.319 e. The molecule has 0 saturated heterocycles. The van der Waals surface area contributed by atoms with E-state index >= 15 is 0 Å². The number of rotatable bonds is 6. The van der Waals surface area contributed by atoms with Gasteiger partial charge in [-0.25, -0.2) is 0 Å². The Kier molecular flexibility index (Phi) is 6.35. The Hall–Kier alpha value is -0.0800. The molecule has 0 spiro atoms. The zero-order valence-corrected chi connectivity index (χ0v) is 14.1. The van der Waals surface area contributed by atoms with Crippen molar-refractivity contribution < 1.29 is 0 Å². The van der Waals surface area contributed by atoms with Crippen LogP contribution in [-0.4, -0.2) is 37.6 Å². The average Bonchev–Trinajstić information content (AvgIpc) is 2.46. The van der Waals surface area contributed by atoms with Crippen molar-refractivity contribution in [3.05, 3.63) is 0 Å². The van der Waals surface area contributed by atoms with Gasteiger partial charge in [0.05, 0.1) is 0 Å². The maximum atomic E-state index is 3.50. The van der Waals surface area contributed by atoms with Crippen molar-refractivity contribution in [2.24, 2.45) is 11.3 Å². The lowest BCUT2D eigenvalue weighted by molar-refractivity contribution is 0.0511. The molecule has 0 amide bonds. The molecule has 0 heterocycles. The topological polar surface area (TPSA) is 15.3 Å². The first-order chi connectivity index (χ1) is 9.69. The monoisotopic (exact) mass is 280 g/mol. The summed E-state index contributed by atoms with van der Waals surface area (Å²) in [6.07, 6.45) is 13.0. The minimum atomic E-state index is 0.542. The van der Waals surface area contributed by atoms with Gasteiger partial charge >= 0.3 is 0 Å². The third-order valence-corrected chi connectivity index (χ3v) is 5.77. The molecule has 2 aliphatic carbocycles. The second kappa shape index (κ2) is 7.79. The third kappa shape index (κ3) is 4.21. The van der Waals surface area contributed by atoms with Gasteiger partial charge in [-0.3, -0.25) is 0 Å². The van der Waals surface area contributed by atoms with E-state index in [0.717, 1.165) is 12.0 Å². The van der Waals surface area contributed by atoms with E-state index in [1.807, 2.05) is 0 Å². The van der Waals surface area contributed by atoms with E-state index in [0.29, 0.717) is 5.41 Å². The molecule has 2 unspecified atom stereocenters. The van der Waals surface area contributed by atoms with Crippen molar-refractivity contribution in [1.29, 1.82) is 0 Å².